The first-order chi connectivity index (χ1) is 5.36. The Morgan fingerprint density at radius 2 is 2.18 bits per heavy atom. The number of hydrogen-bond acceptors (Lipinski definition) is 4. The summed E-state index contributed by atoms with van der Waals surface area (Å²) in [5.41, 5.74) is 0. The van der Waals surface area contributed by atoms with Crippen molar-refractivity contribution in [2.24, 2.45) is 0 Å². The fourth-order valence-corrected chi connectivity index (χ4v) is 2.63. The summed E-state index contributed by atoms with van der Waals surface area (Å²) in [4.78, 5) is 0. The van der Waals surface area contributed by atoms with Crippen molar-refractivity contribution >= 4 is 23.1 Å². The van der Waals surface area contributed by atoms with Gasteiger partial charge < -0.3 is 0 Å². The molecule has 0 aliphatic carbocycles. The molecule has 0 fully saturated rings. The van der Waals surface area contributed by atoms with Crippen LogP contribution < -0.4 is 0 Å². The number of nitrogens with zero attached hydrogens (tertiary/aromatic N) is 2. The molecule has 1 aromatic rings. The zero-order valence-electron chi connectivity index (χ0n) is 6.83. The molecule has 2 nitrogen and oxygen atoms in total. The predicted octanol–water partition coefficient (Wildman–Crippen LogP) is 2.60. The molecule has 0 aromatic carbocycles. The second-order valence-electron chi connectivity index (χ2n) is 2.14. The number of hydrogen-bond donors (Lipinski definition) is 0. The van der Waals surface area contributed by atoms with Crippen LogP contribution in [0.2, 0.25) is 0 Å². The first-order valence-electron chi connectivity index (χ1n) is 3.82. The highest BCUT2D eigenvalue weighted by atomic mass is 32.2. The van der Waals surface area contributed by atoms with Gasteiger partial charge in [0.05, 0.1) is 0 Å². The van der Waals surface area contributed by atoms with Crippen LogP contribution in [0.25, 0.3) is 0 Å². The first kappa shape index (κ1) is 9.00. The van der Waals surface area contributed by atoms with E-state index in [1.165, 1.54) is 5.01 Å². The Labute approximate surface area is 75.4 Å². The van der Waals surface area contributed by atoms with Crippen LogP contribution in [0, 0.1) is 0 Å². The highest BCUT2D eigenvalue weighted by Crippen LogP contribution is 2.22. The monoisotopic (exact) mass is 188 g/mol. The minimum atomic E-state index is 1.07. The van der Waals surface area contributed by atoms with Crippen LogP contribution in [0.1, 0.15) is 25.3 Å². The molecule has 62 valence electrons. The maximum absolute atomic E-state index is 4.07. The fourth-order valence-electron chi connectivity index (χ4n) is 0.735. The number of rotatable bonds is 4. The number of thioether (sulfide) groups is 1. The lowest BCUT2D eigenvalue weighted by Gasteiger charge is -1.85. The second kappa shape index (κ2) is 4.72. The van der Waals surface area contributed by atoms with Gasteiger partial charge in [0.15, 0.2) is 4.34 Å². The van der Waals surface area contributed by atoms with E-state index in [9.17, 15) is 0 Å². The predicted molar refractivity (Wildman–Crippen MR) is 50.3 cm³/mol. The van der Waals surface area contributed by atoms with E-state index in [1.54, 1.807) is 23.1 Å². The van der Waals surface area contributed by atoms with Crippen molar-refractivity contribution in [3.05, 3.63) is 5.01 Å². The summed E-state index contributed by atoms with van der Waals surface area (Å²) in [6.07, 6.45) is 2.23. The van der Waals surface area contributed by atoms with Crippen LogP contribution in [-0.2, 0) is 6.42 Å². The summed E-state index contributed by atoms with van der Waals surface area (Å²) < 4.78 is 1.11. The molecule has 0 bridgehead atoms. The molecule has 11 heavy (non-hydrogen) atoms. The minimum Gasteiger partial charge on any atom is -0.143 e. The van der Waals surface area contributed by atoms with Gasteiger partial charge >= 0.3 is 0 Å². The Kier molecular flexibility index (Phi) is 3.86. The van der Waals surface area contributed by atoms with Gasteiger partial charge in [0.2, 0.25) is 0 Å². The summed E-state index contributed by atoms with van der Waals surface area (Å²) in [5.74, 6) is 1.08. The SMILES string of the molecule is CCCc1nnc(SCC)s1. The lowest BCUT2D eigenvalue weighted by Crippen LogP contribution is -1.79. The van der Waals surface area contributed by atoms with Gasteiger partial charge in [-0.05, 0) is 12.2 Å². The molecule has 0 N–H and O–H groups in total. The summed E-state index contributed by atoms with van der Waals surface area (Å²) in [6.45, 7) is 4.29. The van der Waals surface area contributed by atoms with E-state index in [4.69, 9.17) is 0 Å². The van der Waals surface area contributed by atoms with Crippen LogP contribution in [0.15, 0.2) is 4.34 Å². The molecule has 0 amide bonds. The van der Waals surface area contributed by atoms with Crippen LogP contribution in [0.3, 0.4) is 0 Å². The van der Waals surface area contributed by atoms with Crippen LogP contribution >= 0.6 is 23.1 Å². The molecular formula is C7H12N2S2. The highest BCUT2D eigenvalue weighted by Gasteiger charge is 2.01. The van der Waals surface area contributed by atoms with E-state index in [-0.39, 0.29) is 0 Å². The van der Waals surface area contributed by atoms with Crippen LogP contribution in [0.5, 0.6) is 0 Å². The molecule has 1 aromatic heterocycles. The molecule has 0 aliphatic rings. The van der Waals surface area contributed by atoms with Gasteiger partial charge in [-0.3, -0.25) is 0 Å². The molecule has 1 heterocycles. The fraction of sp³-hybridized carbons (Fsp3) is 0.714. The van der Waals surface area contributed by atoms with Gasteiger partial charge in [-0.1, -0.05) is 36.9 Å². The molecule has 0 radical (unpaired) electrons. The van der Waals surface area contributed by atoms with Crippen molar-refractivity contribution in [2.75, 3.05) is 5.75 Å². The number of aryl methyl sites for hydroxylation is 1. The Hall–Kier alpha value is -0.0900. The minimum absolute atomic E-state index is 1.07. The van der Waals surface area contributed by atoms with Gasteiger partial charge in [0.1, 0.15) is 5.01 Å². The third kappa shape index (κ3) is 2.79. The van der Waals surface area contributed by atoms with Crippen LogP contribution in [-0.4, -0.2) is 16.0 Å². The largest absolute Gasteiger partial charge is 0.174 e. The molecule has 0 spiro atoms. The zero-order valence-corrected chi connectivity index (χ0v) is 8.47. The van der Waals surface area contributed by atoms with Crippen molar-refractivity contribution < 1.29 is 0 Å². The van der Waals surface area contributed by atoms with Gasteiger partial charge in [0.25, 0.3) is 0 Å². The van der Waals surface area contributed by atoms with Crippen molar-refractivity contribution in [3.8, 4) is 0 Å². The summed E-state index contributed by atoms with van der Waals surface area (Å²) in [6, 6.07) is 0. The summed E-state index contributed by atoms with van der Waals surface area (Å²) in [5, 5.41) is 9.30. The van der Waals surface area contributed by atoms with Crippen molar-refractivity contribution in [2.45, 2.75) is 31.0 Å². The van der Waals surface area contributed by atoms with Gasteiger partial charge in [0, 0.05) is 6.42 Å². The molecule has 0 atom stereocenters. The lowest BCUT2D eigenvalue weighted by atomic mass is 10.4. The Bertz CT molecular complexity index is 189. The molecule has 0 aliphatic heterocycles. The Balaban J connectivity index is 2.51. The average Bonchev–Trinajstić information content (AvgIpc) is 2.38. The van der Waals surface area contributed by atoms with Crippen molar-refractivity contribution in [1.29, 1.82) is 0 Å². The van der Waals surface area contributed by atoms with E-state index in [0.29, 0.717) is 0 Å². The Morgan fingerprint density at radius 1 is 1.36 bits per heavy atom. The standard InChI is InChI=1S/C7H12N2S2/c1-3-5-6-8-9-7(11-6)10-4-2/h3-5H2,1-2H3. The molecular weight excluding hydrogens is 176 g/mol. The molecule has 1 rings (SSSR count). The van der Waals surface area contributed by atoms with Gasteiger partial charge in [-0.25, -0.2) is 0 Å². The number of aromatic nitrogens is 2. The molecule has 0 saturated heterocycles. The topological polar surface area (TPSA) is 25.8 Å². The van der Waals surface area contributed by atoms with E-state index in [0.717, 1.165) is 22.9 Å². The van der Waals surface area contributed by atoms with Gasteiger partial charge in [-0.2, -0.15) is 0 Å². The van der Waals surface area contributed by atoms with Crippen molar-refractivity contribution in [1.82, 2.24) is 10.2 Å². The molecule has 0 unspecified atom stereocenters. The maximum atomic E-state index is 4.07. The normalized spacial score (nSPS) is 10.4. The van der Waals surface area contributed by atoms with Crippen LogP contribution in [0.4, 0.5) is 0 Å². The van der Waals surface area contributed by atoms with Gasteiger partial charge in [-0.15, -0.1) is 10.2 Å². The van der Waals surface area contributed by atoms with E-state index < -0.39 is 0 Å². The smallest absolute Gasteiger partial charge is 0.143 e. The molecule has 0 saturated carbocycles. The third-order valence-corrected chi connectivity index (χ3v) is 3.18. The summed E-state index contributed by atoms with van der Waals surface area (Å²) in [7, 11) is 0. The highest BCUT2D eigenvalue weighted by molar-refractivity contribution is 8.00. The maximum Gasteiger partial charge on any atom is 0.174 e. The average molecular weight is 188 g/mol. The first-order valence-corrected chi connectivity index (χ1v) is 5.62. The van der Waals surface area contributed by atoms with Crippen molar-refractivity contribution in [3.63, 3.8) is 0 Å². The molecule has 4 heteroatoms. The summed E-state index contributed by atoms with van der Waals surface area (Å²) >= 11 is 3.49. The van der Waals surface area contributed by atoms with E-state index in [1.807, 2.05) is 0 Å². The third-order valence-electron chi connectivity index (χ3n) is 1.18. The quantitative estimate of drug-likeness (QED) is 0.679. The zero-order chi connectivity index (χ0) is 8.10. The van der Waals surface area contributed by atoms with E-state index in [2.05, 4.69) is 24.0 Å². The Morgan fingerprint density at radius 3 is 2.82 bits per heavy atom. The van der Waals surface area contributed by atoms with E-state index >= 15 is 0 Å². The lowest BCUT2D eigenvalue weighted by molar-refractivity contribution is 0.867. The second-order valence-corrected chi connectivity index (χ2v) is 4.72.